The van der Waals surface area contributed by atoms with Crippen LogP contribution >= 0.6 is 0 Å². The number of hydrogen-bond donors (Lipinski definition) is 0. The molecule has 0 N–H and O–H groups in total. The van der Waals surface area contributed by atoms with E-state index in [1.165, 1.54) is 0 Å². The molecule has 9 heavy (non-hydrogen) atoms. The second kappa shape index (κ2) is 1.87. The Balaban J connectivity index is 3.29. The van der Waals surface area contributed by atoms with Crippen LogP contribution in [0.25, 0.3) is 0 Å². The molecule has 1 heterocycles. The first-order valence-electron chi connectivity index (χ1n) is 2.88. The summed E-state index contributed by atoms with van der Waals surface area (Å²) in [6.07, 6.45) is 0. The molecule has 1 rings (SSSR count). The molecule has 48 valence electrons. The van der Waals surface area contributed by atoms with E-state index < -0.39 is 0 Å². The average molecular weight is 122 g/mol. The summed E-state index contributed by atoms with van der Waals surface area (Å²) in [6, 6.07) is 0. The van der Waals surface area contributed by atoms with E-state index in [1.807, 2.05) is 25.5 Å². The molecule has 0 saturated carbocycles. The van der Waals surface area contributed by atoms with Gasteiger partial charge in [-0.2, -0.15) is 0 Å². The van der Waals surface area contributed by atoms with Crippen LogP contribution in [0.4, 0.5) is 0 Å². The van der Waals surface area contributed by atoms with Crippen molar-refractivity contribution in [2.24, 2.45) is 7.05 Å². The molecular formula is C7H10N2. The van der Waals surface area contributed by atoms with Crippen molar-refractivity contribution in [1.29, 1.82) is 0 Å². The van der Waals surface area contributed by atoms with Crippen molar-refractivity contribution in [1.82, 2.24) is 9.55 Å². The lowest BCUT2D eigenvalue weighted by Crippen LogP contribution is -1.92. The van der Waals surface area contributed by atoms with Crippen LogP contribution < -0.4 is 0 Å². The summed E-state index contributed by atoms with van der Waals surface area (Å²) in [5.41, 5.74) is 1.67. The standard InChI is InChI=1S/C7H10N2/c1-5-6(2)9(4)7(3)8-5/h2H,1,3-4H3. The van der Waals surface area contributed by atoms with Crippen molar-refractivity contribution < 1.29 is 0 Å². The van der Waals surface area contributed by atoms with Gasteiger partial charge in [0.05, 0.1) is 5.69 Å². The Labute approximate surface area is 55.5 Å². The minimum absolute atomic E-state index is 0.757. The van der Waals surface area contributed by atoms with Crippen molar-refractivity contribution >= 4 is 0 Å². The van der Waals surface area contributed by atoms with Crippen molar-refractivity contribution in [3.8, 4) is 0 Å². The third kappa shape index (κ3) is 0.846. The van der Waals surface area contributed by atoms with Gasteiger partial charge in [-0.25, -0.2) is 4.98 Å². The Kier molecular flexibility index (Phi) is 1.31. The van der Waals surface area contributed by atoms with Gasteiger partial charge in [-0.05, 0) is 13.8 Å². The molecule has 0 fully saturated rings. The Hall–Kier alpha value is -0.790. The molecular weight excluding hydrogens is 112 g/mol. The van der Waals surface area contributed by atoms with Crippen molar-refractivity contribution in [3.63, 3.8) is 0 Å². The molecule has 0 saturated heterocycles. The van der Waals surface area contributed by atoms with Gasteiger partial charge >= 0.3 is 0 Å². The van der Waals surface area contributed by atoms with E-state index in [0.717, 1.165) is 17.2 Å². The summed E-state index contributed by atoms with van der Waals surface area (Å²) in [4.78, 5) is 4.15. The van der Waals surface area contributed by atoms with Gasteiger partial charge in [0.25, 0.3) is 0 Å². The van der Waals surface area contributed by atoms with Crippen LogP contribution in [0.3, 0.4) is 0 Å². The predicted molar refractivity (Wildman–Crippen MR) is 36.1 cm³/mol. The second-order valence-corrected chi connectivity index (χ2v) is 2.19. The summed E-state index contributed by atoms with van der Waals surface area (Å²) in [5.74, 6) is 0.963. The molecule has 2 heteroatoms. The minimum Gasteiger partial charge on any atom is -0.335 e. The van der Waals surface area contributed by atoms with Gasteiger partial charge in [0.2, 0.25) is 0 Å². The monoisotopic (exact) mass is 122 g/mol. The Morgan fingerprint density at radius 1 is 1.44 bits per heavy atom. The van der Waals surface area contributed by atoms with Crippen LogP contribution in [0, 0.1) is 20.8 Å². The number of imidazole rings is 1. The lowest BCUT2D eigenvalue weighted by molar-refractivity contribution is 0.842. The zero-order chi connectivity index (χ0) is 7.02. The molecule has 0 amide bonds. The molecule has 2 nitrogen and oxygen atoms in total. The fourth-order valence-electron chi connectivity index (χ4n) is 0.792. The van der Waals surface area contributed by atoms with E-state index in [1.54, 1.807) is 0 Å². The number of aromatic nitrogens is 2. The van der Waals surface area contributed by atoms with Crippen LogP contribution in [0.15, 0.2) is 0 Å². The third-order valence-corrected chi connectivity index (χ3v) is 1.55. The zero-order valence-corrected chi connectivity index (χ0v) is 5.97. The Morgan fingerprint density at radius 3 is 2.11 bits per heavy atom. The molecule has 2 radical (unpaired) electrons. The maximum absolute atomic E-state index is 5.60. The third-order valence-electron chi connectivity index (χ3n) is 1.55. The van der Waals surface area contributed by atoms with Gasteiger partial charge in [-0.1, -0.05) is 0 Å². The topological polar surface area (TPSA) is 17.8 Å². The maximum atomic E-state index is 5.60. The second-order valence-electron chi connectivity index (χ2n) is 2.19. The largest absolute Gasteiger partial charge is 0.335 e. The highest BCUT2D eigenvalue weighted by atomic mass is 15.1. The molecule has 0 aromatic carbocycles. The lowest BCUT2D eigenvalue weighted by atomic mass is 10.4. The van der Waals surface area contributed by atoms with Crippen LogP contribution in [0.1, 0.15) is 17.2 Å². The number of aryl methyl sites for hydroxylation is 2. The predicted octanol–water partition coefficient (Wildman–Crippen LogP) is 1.10. The fourth-order valence-corrected chi connectivity index (χ4v) is 0.792. The molecule has 0 unspecified atom stereocenters. The summed E-state index contributed by atoms with van der Waals surface area (Å²) in [5, 5.41) is 0. The fraction of sp³-hybridized carbons (Fsp3) is 0.429. The van der Waals surface area contributed by atoms with Crippen LogP contribution in [0.2, 0.25) is 0 Å². The molecule has 0 aliphatic carbocycles. The van der Waals surface area contributed by atoms with Gasteiger partial charge in [-0.15, -0.1) is 0 Å². The molecule has 0 atom stereocenters. The first kappa shape index (κ1) is 6.33. The smallest absolute Gasteiger partial charge is 0.105 e. The number of rotatable bonds is 0. The molecule has 0 spiro atoms. The normalized spacial score (nSPS) is 10.2. The van der Waals surface area contributed by atoms with E-state index in [4.69, 9.17) is 6.92 Å². The van der Waals surface area contributed by atoms with Crippen LogP contribution in [0.5, 0.6) is 0 Å². The zero-order valence-electron chi connectivity index (χ0n) is 5.97. The Bertz CT molecular complexity index is 201. The molecule has 0 aliphatic heterocycles. The molecule has 1 aromatic heterocycles. The lowest BCUT2D eigenvalue weighted by Gasteiger charge is -1.94. The SMILES string of the molecule is [CH]c1c(C)nc(C)n1C. The summed E-state index contributed by atoms with van der Waals surface area (Å²) in [6.45, 7) is 9.44. The van der Waals surface area contributed by atoms with E-state index in [9.17, 15) is 0 Å². The van der Waals surface area contributed by atoms with Gasteiger partial charge in [0.1, 0.15) is 5.82 Å². The van der Waals surface area contributed by atoms with Crippen molar-refractivity contribution in [2.45, 2.75) is 13.8 Å². The van der Waals surface area contributed by atoms with Crippen LogP contribution in [-0.4, -0.2) is 9.55 Å². The van der Waals surface area contributed by atoms with Gasteiger partial charge in [0, 0.05) is 19.7 Å². The van der Waals surface area contributed by atoms with Gasteiger partial charge < -0.3 is 4.57 Å². The van der Waals surface area contributed by atoms with E-state index in [-0.39, 0.29) is 0 Å². The number of nitrogens with zero attached hydrogens (tertiary/aromatic N) is 2. The summed E-state index contributed by atoms with van der Waals surface area (Å²) in [7, 11) is 1.91. The van der Waals surface area contributed by atoms with E-state index >= 15 is 0 Å². The first-order valence-corrected chi connectivity index (χ1v) is 2.88. The highest BCUT2D eigenvalue weighted by molar-refractivity contribution is 5.17. The molecule has 0 bridgehead atoms. The highest BCUT2D eigenvalue weighted by Crippen LogP contribution is 2.05. The maximum Gasteiger partial charge on any atom is 0.105 e. The van der Waals surface area contributed by atoms with Crippen molar-refractivity contribution in [3.05, 3.63) is 24.1 Å². The van der Waals surface area contributed by atoms with Gasteiger partial charge in [-0.3, -0.25) is 0 Å². The molecule has 1 aromatic rings. The molecule has 0 aliphatic rings. The number of hydrogen-bond acceptors (Lipinski definition) is 1. The van der Waals surface area contributed by atoms with Crippen molar-refractivity contribution in [2.75, 3.05) is 0 Å². The van der Waals surface area contributed by atoms with Gasteiger partial charge in [0.15, 0.2) is 0 Å². The van der Waals surface area contributed by atoms with E-state index in [2.05, 4.69) is 4.98 Å². The summed E-state index contributed by atoms with van der Waals surface area (Å²) < 4.78 is 1.87. The van der Waals surface area contributed by atoms with Crippen LogP contribution in [-0.2, 0) is 7.05 Å². The average Bonchev–Trinajstić information content (AvgIpc) is 1.98. The Morgan fingerprint density at radius 2 is 2.00 bits per heavy atom. The van der Waals surface area contributed by atoms with E-state index in [0.29, 0.717) is 0 Å². The minimum atomic E-state index is 0.757. The summed E-state index contributed by atoms with van der Waals surface area (Å²) >= 11 is 0. The quantitative estimate of drug-likeness (QED) is 0.503. The first-order chi connectivity index (χ1) is 4.13. The highest BCUT2D eigenvalue weighted by Gasteiger charge is 2.00.